The summed E-state index contributed by atoms with van der Waals surface area (Å²) in [7, 11) is 0. The number of fused-ring (bicyclic) bond motifs is 1. The molecule has 4 aromatic carbocycles. The van der Waals surface area contributed by atoms with E-state index in [-0.39, 0.29) is 5.82 Å². The topological polar surface area (TPSA) is 30.7 Å². The van der Waals surface area contributed by atoms with Crippen molar-refractivity contribution in [2.24, 2.45) is 0 Å². The highest BCUT2D eigenvalue weighted by atomic mass is 19.1. The van der Waals surface area contributed by atoms with Crippen molar-refractivity contribution in [3.8, 4) is 0 Å². The highest BCUT2D eigenvalue weighted by molar-refractivity contribution is 5.87. The fourth-order valence-corrected chi connectivity index (χ4v) is 5.03. The van der Waals surface area contributed by atoms with Crippen LogP contribution in [0.5, 0.6) is 0 Å². The largest absolute Gasteiger partial charge is 0.252 e. The van der Waals surface area contributed by atoms with Crippen molar-refractivity contribution in [1.82, 2.24) is 14.8 Å². The third-order valence-electron chi connectivity index (χ3n) is 6.64. The molecule has 0 saturated heterocycles. The number of hydrogen-bond acceptors (Lipinski definition) is 2. The van der Waals surface area contributed by atoms with E-state index < -0.39 is 5.54 Å². The van der Waals surface area contributed by atoms with Crippen LogP contribution < -0.4 is 0 Å². The van der Waals surface area contributed by atoms with Crippen LogP contribution in [-0.2, 0) is 5.54 Å². The second-order valence-corrected chi connectivity index (χ2v) is 8.87. The van der Waals surface area contributed by atoms with Gasteiger partial charge in [0.25, 0.3) is 0 Å². The lowest BCUT2D eigenvalue weighted by Gasteiger charge is -2.36. The summed E-state index contributed by atoms with van der Waals surface area (Å²) in [6.45, 7) is 0. The van der Waals surface area contributed by atoms with Crippen LogP contribution >= 0.6 is 0 Å². The lowest BCUT2D eigenvalue weighted by Crippen LogP contribution is -2.38. The van der Waals surface area contributed by atoms with Crippen molar-refractivity contribution in [3.05, 3.63) is 167 Å². The van der Waals surface area contributed by atoms with Crippen LogP contribution in [0.1, 0.15) is 27.9 Å². The van der Waals surface area contributed by atoms with E-state index in [0.29, 0.717) is 5.69 Å². The molecule has 6 aromatic rings. The Morgan fingerprint density at radius 2 is 1.22 bits per heavy atom. The third-order valence-corrected chi connectivity index (χ3v) is 6.64. The molecule has 0 unspecified atom stereocenters. The van der Waals surface area contributed by atoms with Gasteiger partial charge in [-0.3, -0.25) is 4.98 Å². The summed E-state index contributed by atoms with van der Waals surface area (Å²) in [6, 6.07) is 41.8. The molecule has 0 saturated carbocycles. The number of halogens is 1. The van der Waals surface area contributed by atoms with Crippen LogP contribution in [0.25, 0.3) is 23.2 Å². The Hall–Kier alpha value is -4.83. The maximum absolute atomic E-state index is 13.8. The van der Waals surface area contributed by atoms with Crippen LogP contribution in [0.4, 0.5) is 4.39 Å². The maximum atomic E-state index is 13.8. The highest BCUT2D eigenvalue weighted by Gasteiger charge is 2.40. The quantitative estimate of drug-likeness (QED) is 0.230. The average molecular weight is 482 g/mol. The minimum atomic E-state index is -0.754. The summed E-state index contributed by atoms with van der Waals surface area (Å²) in [5, 5.41) is 5.20. The number of rotatable bonds is 6. The zero-order valence-electron chi connectivity index (χ0n) is 20.1. The van der Waals surface area contributed by atoms with Crippen molar-refractivity contribution in [2.75, 3.05) is 0 Å². The fourth-order valence-electron chi connectivity index (χ4n) is 5.03. The van der Waals surface area contributed by atoms with Crippen LogP contribution in [0, 0.1) is 5.82 Å². The lowest BCUT2D eigenvalue weighted by molar-refractivity contribution is 0.475. The summed E-state index contributed by atoms with van der Waals surface area (Å²) < 4.78 is 15.9. The van der Waals surface area contributed by atoms with E-state index >= 15 is 0 Å². The summed E-state index contributed by atoms with van der Waals surface area (Å²) in [5.74, 6) is -0.271. The van der Waals surface area contributed by atoms with Gasteiger partial charge in [0.2, 0.25) is 0 Å². The molecule has 0 spiro atoms. The van der Waals surface area contributed by atoms with Crippen LogP contribution in [0.15, 0.2) is 134 Å². The van der Waals surface area contributed by atoms with Gasteiger partial charge >= 0.3 is 0 Å². The van der Waals surface area contributed by atoms with Crippen LogP contribution in [0.2, 0.25) is 0 Å². The van der Waals surface area contributed by atoms with Gasteiger partial charge in [0.1, 0.15) is 22.6 Å². The van der Waals surface area contributed by atoms with Crippen LogP contribution in [0.3, 0.4) is 0 Å². The van der Waals surface area contributed by atoms with E-state index in [4.69, 9.17) is 10.1 Å². The van der Waals surface area contributed by atoms with Crippen LogP contribution in [-0.4, -0.2) is 14.8 Å². The lowest BCUT2D eigenvalue weighted by atomic mass is 9.77. The van der Waals surface area contributed by atoms with E-state index in [2.05, 4.69) is 83.5 Å². The smallest absolute Gasteiger partial charge is 0.138 e. The molecule has 0 radical (unpaired) electrons. The predicted octanol–water partition coefficient (Wildman–Crippen LogP) is 7.58. The maximum Gasteiger partial charge on any atom is 0.138 e. The average Bonchev–Trinajstić information content (AvgIpc) is 3.33. The molecule has 3 nitrogen and oxygen atoms in total. The molecule has 2 aromatic heterocycles. The molecule has 37 heavy (non-hydrogen) atoms. The first kappa shape index (κ1) is 22.6. The predicted molar refractivity (Wildman–Crippen MR) is 147 cm³/mol. The van der Waals surface area contributed by atoms with E-state index in [1.807, 2.05) is 42.5 Å². The number of benzene rings is 4. The van der Waals surface area contributed by atoms with Gasteiger partial charge < -0.3 is 0 Å². The summed E-state index contributed by atoms with van der Waals surface area (Å²) in [6.07, 6.45) is 5.56. The molecule has 4 heteroatoms. The van der Waals surface area contributed by atoms with Gasteiger partial charge in [-0.15, -0.1) is 0 Å². The normalized spacial score (nSPS) is 11.8. The summed E-state index contributed by atoms with van der Waals surface area (Å²) >= 11 is 0. The fraction of sp³-hybridized carbons (Fsp3) is 0.0303. The number of pyridine rings is 1. The minimum absolute atomic E-state index is 0.271. The first-order valence-electron chi connectivity index (χ1n) is 12.2. The van der Waals surface area contributed by atoms with Gasteiger partial charge in [0.15, 0.2) is 0 Å². The van der Waals surface area contributed by atoms with Gasteiger partial charge in [0, 0.05) is 6.20 Å². The van der Waals surface area contributed by atoms with E-state index in [1.165, 1.54) is 12.1 Å². The first-order valence-corrected chi connectivity index (χ1v) is 12.2. The molecule has 0 atom stereocenters. The van der Waals surface area contributed by atoms with Crippen molar-refractivity contribution in [3.63, 3.8) is 0 Å². The number of aromatic nitrogens is 3. The molecule has 6 rings (SSSR count). The first-order chi connectivity index (χ1) is 18.3. The van der Waals surface area contributed by atoms with Gasteiger partial charge in [-0.1, -0.05) is 109 Å². The summed E-state index contributed by atoms with van der Waals surface area (Å²) in [5.41, 5.74) is 5.66. The molecule has 178 valence electrons. The Kier molecular flexibility index (Phi) is 5.91. The van der Waals surface area contributed by atoms with Crippen molar-refractivity contribution >= 4 is 23.2 Å². The Bertz CT molecular complexity index is 1580. The zero-order chi connectivity index (χ0) is 25.1. The third kappa shape index (κ3) is 4.03. The molecule has 0 aliphatic heterocycles. The Balaban J connectivity index is 1.68. The second-order valence-electron chi connectivity index (χ2n) is 8.87. The Labute approximate surface area is 215 Å². The Morgan fingerprint density at radius 3 is 1.78 bits per heavy atom. The zero-order valence-corrected chi connectivity index (χ0v) is 20.1. The molecule has 0 amide bonds. The Morgan fingerprint density at radius 1 is 0.622 bits per heavy atom. The van der Waals surface area contributed by atoms with Gasteiger partial charge in [-0.25, -0.2) is 9.07 Å². The SMILES string of the molecule is Fc1cccc(C=Cc2nn(C(c3ccccc3)(c3ccccc3)c3ccccc3)c3cccnc23)c1. The monoisotopic (exact) mass is 481 g/mol. The van der Waals surface area contributed by atoms with Gasteiger partial charge in [-0.05, 0) is 52.6 Å². The molecule has 0 N–H and O–H groups in total. The molecule has 0 fully saturated rings. The van der Waals surface area contributed by atoms with E-state index in [0.717, 1.165) is 33.3 Å². The van der Waals surface area contributed by atoms with E-state index in [9.17, 15) is 4.39 Å². The molecular formula is C33H24FN3. The standard InChI is InChI=1S/C33H24FN3/c34-29-19-10-12-25(24-29)21-22-30-32-31(20-11-23-35-32)37(36-30)33(26-13-4-1-5-14-26,27-15-6-2-7-16-27)28-17-8-3-9-18-28/h1-24H. The molecule has 2 heterocycles. The molecule has 0 aliphatic rings. The van der Waals surface area contributed by atoms with E-state index in [1.54, 1.807) is 12.3 Å². The van der Waals surface area contributed by atoms with Crippen molar-refractivity contribution < 1.29 is 4.39 Å². The molecule has 0 aliphatic carbocycles. The van der Waals surface area contributed by atoms with Crippen molar-refractivity contribution in [1.29, 1.82) is 0 Å². The summed E-state index contributed by atoms with van der Waals surface area (Å²) in [4.78, 5) is 4.72. The van der Waals surface area contributed by atoms with Gasteiger partial charge in [-0.2, -0.15) is 5.10 Å². The number of hydrogen-bond donors (Lipinski definition) is 0. The second kappa shape index (κ2) is 9.67. The van der Waals surface area contributed by atoms with Crippen molar-refractivity contribution in [2.45, 2.75) is 5.54 Å². The molecular weight excluding hydrogens is 457 g/mol. The molecule has 0 bridgehead atoms. The number of nitrogens with zero attached hydrogens (tertiary/aromatic N) is 3. The van der Waals surface area contributed by atoms with Gasteiger partial charge in [0.05, 0.1) is 5.52 Å². The minimum Gasteiger partial charge on any atom is -0.252 e. The highest BCUT2D eigenvalue weighted by Crippen LogP contribution is 2.42.